The molecule has 4 N–H and O–H groups in total. The molecule has 2 aliphatic rings. The number of carbonyl (C=O) groups excluding carboxylic acids is 1. The van der Waals surface area contributed by atoms with Gasteiger partial charge in [0.2, 0.25) is 0 Å². The van der Waals surface area contributed by atoms with Gasteiger partial charge < -0.3 is 0 Å². The van der Waals surface area contributed by atoms with Crippen LogP contribution in [-0.4, -0.2) is 36.3 Å². The molecule has 2 aliphatic carbocycles. The third-order valence-electron chi connectivity index (χ3n) is 9.12. The van der Waals surface area contributed by atoms with E-state index in [1.54, 1.807) is 11.0 Å². The van der Waals surface area contributed by atoms with Crippen LogP contribution >= 0.6 is 0 Å². The number of amides is 1. The predicted molar refractivity (Wildman–Crippen MR) is 179 cm³/mol. The van der Waals surface area contributed by atoms with E-state index < -0.39 is 98.9 Å². The molecule has 4 aromatic rings. The second-order valence-electron chi connectivity index (χ2n) is 13.6. The monoisotopic (exact) mass is 870 g/mol. The summed E-state index contributed by atoms with van der Waals surface area (Å²) >= 11 is -1.02. The average Bonchev–Trinajstić information content (AvgIpc) is 3.73. The van der Waals surface area contributed by atoms with Gasteiger partial charge in [-0.3, -0.25) is 0 Å². The second-order valence-corrected chi connectivity index (χ2v) is 15.8. The van der Waals surface area contributed by atoms with Gasteiger partial charge in [-0.05, 0) is 6.42 Å². The summed E-state index contributed by atoms with van der Waals surface area (Å²) in [5.74, 6) is -2.97. The van der Waals surface area contributed by atoms with Crippen molar-refractivity contribution in [1.82, 2.24) is 20.1 Å². The number of fused-ring (bicyclic) bond motifs is 3. The Hall–Kier alpha value is -4.50. The quantitative estimate of drug-likeness (QED) is 0.0902. The molecule has 54 heavy (non-hydrogen) atoms. The molecule has 1 amide bonds. The number of aliphatic hydroxyl groups is 1. The molecule has 6 rings (SSSR count). The van der Waals surface area contributed by atoms with Crippen molar-refractivity contribution in [2.45, 2.75) is 69.6 Å². The van der Waals surface area contributed by atoms with E-state index in [4.69, 9.17) is 5.73 Å². The minimum atomic E-state index is -3.50. The van der Waals surface area contributed by atoms with Gasteiger partial charge in [0, 0.05) is 0 Å². The zero-order valence-corrected chi connectivity index (χ0v) is 31.1. The minimum absolute atomic E-state index is 0.0184. The van der Waals surface area contributed by atoms with Gasteiger partial charge in [-0.25, -0.2) is 8.78 Å². The molecule has 7 nitrogen and oxygen atoms in total. The standard InChI is InChI=1S/C38H33F8IN5O2/c1-17(48)29-24(35(41)42)8-7-22(31(29)47-4)23-6-5-21(9-10-37(2,3)54)49-32(23)27(13-18-11-19(39)14-20(40)12-18)50-28(53)16-52-34-30(33(51-52)36(43)44)25-15-26(25)38(34,45)46/h5-8,11-12,14,25-27,35-36,54H,1,13,15-16,48H2,2-4H3,(H,50,53)/q-1/t25-,26+,27?/m0/s1. The van der Waals surface area contributed by atoms with E-state index in [1.165, 1.54) is 32.0 Å². The zero-order valence-electron chi connectivity index (χ0n) is 28.9. The molecule has 1 saturated carbocycles. The molecule has 3 atom stereocenters. The average molecular weight is 871 g/mol. The van der Waals surface area contributed by atoms with Gasteiger partial charge in [0.1, 0.15) is 0 Å². The number of benzene rings is 2. The van der Waals surface area contributed by atoms with Gasteiger partial charge in [0.05, 0.1) is 0 Å². The molecule has 286 valence electrons. The number of nitrogens with zero attached hydrogens (tertiary/aromatic N) is 3. The zero-order chi connectivity index (χ0) is 39.4. The first-order valence-corrected chi connectivity index (χ1v) is 19.7. The second kappa shape index (κ2) is 14.6. The van der Waals surface area contributed by atoms with E-state index in [1.807, 2.05) is 0 Å². The summed E-state index contributed by atoms with van der Waals surface area (Å²) in [5.41, 5.74) is 3.11. The number of carbonyl (C=O) groups is 1. The number of pyridine rings is 1. The van der Waals surface area contributed by atoms with Gasteiger partial charge in [-0.2, -0.15) is 0 Å². The number of aromatic nitrogens is 3. The number of rotatable bonds is 11. The van der Waals surface area contributed by atoms with Gasteiger partial charge >= 0.3 is 301 Å². The molecule has 0 bridgehead atoms. The predicted octanol–water partition coefficient (Wildman–Crippen LogP) is 4.35. The van der Waals surface area contributed by atoms with Crippen LogP contribution in [0.2, 0.25) is 0 Å². The van der Waals surface area contributed by atoms with Crippen molar-refractivity contribution >= 4 is 11.6 Å². The first kappa shape index (κ1) is 39.2. The van der Waals surface area contributed by atoms with Crippen LogP contribution in [-0.2, 0) is 23.7 Å². The van der Waals surface area contributed by atoms with Gasteiger partial charge in [0.15, 0.2) is 0 Å². The molecule has 0 spiro atoms. The van der Waals surface area contributed by atoms with Crippen molar-refractivity contribution in [2.24, 2.45) is 11.7 Å². The van der Waals surface area contributed by atoms with Crippen molar-refractivity contribution in [3.8, 4) is 23.0 Å². The topological polar surface area (TPSA) is 106 Å². The van der Waals surface area contributed by atoms with E-state index in [0.29, 0.717) is 19.9 Å². The van der Waals surface area contributed by atoms with Crippen LogP contribution in [0.15, 0.2) is 49.0 Å². The number of nitrogens with two attached hydrogens (primary N) is 1. The summed E-state index contributed by atoms with van der Waals surface area (Å²) < 4.78 is 117. The Balaban J connectivity index is 1.51. The van der Waals surface area contributed by atoms with Crippen molar-refractivity contribution in [3.63, 3.8) is 0 Å². The molecular weight excluding hydrogens is 837 g/mol. The number of hydrogen-bond acceptors (Lipinski definition) is 5. The van der Waals surface area contributed by atoms with Crippen LogP contribution in [0, 0.1) is 33.0 Å². The fourth-order valence-corrected chi connectivity index (χ4v) is 9.14. The SMILES string of the molecule is C=C(N)c1c(C(F)F)ccc(-c2ccc(C#CC(C)(C)O)nc2C(Cc2cc(F)cc(F)c2)NC(=O)Cn2nc(C(F)F)c3c2C(F)(F)[C@@H]2C[C@H]32)c1[I-]C. The molecular formula is C38H33F8IN5O2-. The summed E-state index contributed by atoms with van der Waals surface area (Å²) in [5, 5.41) is 16.7. The third-order valence-corrected chi connectivity index (χ3v) is 11.3. The number of nitrogens with one attached hydrogen (secondary N) is 1. The van der Waals surface area contributed by atoms with E-state index in [-0.39, 0.29) is 57.7 Å². The summed E-state index contributed by atoms with van der Waals surface area (Å²) in [6.07, 6.45) is -6.40. The van der Waals surface area contributed by atoms with Crippen molar-refractivity contribution in [3.05, 3.63) is 109 Å². The Morgan fingerprint density at radius 2 is 1.76 bits per heavy atom. The summed E-state index contributed by atoms with van der Waals surface area (Å²) in [7, 11) is 0. The van der Waals surface area contributed by atoms with E-state index >= 15 is 8.78 Å². The van der Waals surface area contributed by atoms with Crippen LogP contribution in [0.5, 0.6) is 0 Å². The maximum absolute atomic E-state index is 15.3. The van der Waals surface area contributed by atoms with Gasteiger partial charge in [-0.1, -0.05) is 0 Å². The molecule has 0 radical (unpaired) electrons. The molecule has 2 aromatic heterocycles. The normalized spacial score (nSPS) is 17.6. The molecule has 0 saturated heterocycles. The first-order chi connectivity index (χ1) is 25.3. The third kappa shape index (κ3) is 7.70. The van der Waals surface area contributed by atoms with Crippen LogP contribution in [0.1, 0.15) is 90.1 Å². The first-order valence-electron chi connectivity index (χ1n) is 16.5. The Bertz CT molecular complexity index is 2200. The summed E-state index contributed by atoms with van der Waals surface area (Å²) in [4.78, 5) is 20.3. The van der Waals surface area contributed by atoms with Crippen LogP contribution in [0.3, 0.4) is 0 Å². The molecule has 0 aliphatic heterocycles. The van der Waals surface area contributed by atoms with Crippen LogP contribution in [0.4, 0.5) is 35.1 Å². The summed E-state index contributed by atoms with van der Waals surface area (Å²) in [6.45, 7) is 5.64. The Morgan fingerprint density at radius 1 is 1.09 bits per heavy atom. The van der Waals surface area contributed by atoms with Crippen molar-refractivity contribution in [1.29, 1.82) is 0 Å². The van der Waals surface area contributed by atoms with Crippen LogP contribution < -0.4 is 32.3 Å². The number of alkyl halides is 7. The molecule has 1 fully saturated rings. The van der Waals surface area contributed by atoms with Crippen LogP contribution in [0.25, 0.3) is 16.8 Å². The van der Waals surface area contributed by atoms with E-state index in [9.17, 15) is 36.2 Å². The number of halogens is 9. The van der Waals surface area contributed by atoms with E-state index in [2.05, 4.69) is 33.8 Å². The fraction of sp³-hybridized carbons (Fsp3) is 0.342. The Kier molecular flexibility index (Phi) is 10.6. The van der Waals surface area contributed by atoms with Crippen molar-refractivity contribution in [2.75, 3.05) is 4.93 Å². The Labute approximate surface area is 315 Å². The fourth-order valence-electron chi connectivity index (χ4n) is 6.89. The summed E-state index contributed by atoms with van der Waals surface area (Å²) in [6, 6.07) is 7.00. The molecule has 1 unspecified atom stereocenters. The van der Waals surface area contributed by atoms with Gasteiger partial charge in [0.25, 0.3) is 0 Å². The number of hydrogen-bond donors (Lipinski definition) is 3. The maximum atomic E-state index is 15.3. The Morgan fingerprint density at radius 3 is 2.35 bits per heavy atom. The van der Waals surface area contributed by atoms with Crippen molar-refractivity contribution < 1.29 is 66.2 Å². The van der Waals surface area contributed by atoms with E-state index in [0.717, 1.165) is 12.1 Å². The molecule has 2 heterocycles. The molecule has 16 heteroatoms. The van der Waals surface area contributed by atoms with Gasteiger partial charge in [-0.15, -0.1) is 0 Å². The molecule has 2 aromatic carbocycles.